The van der Waals surface area contributed by atoms with Crippen molar-refractivity contribution in [3.8, 4) is 0 Å². The first-order valence-electron chi connectivity index (χ1n) is 8.39. The van der Waals surface area contributed by atoms with Gasteiger partial charge in [-0.2, -0.15) is 0 Å². The number of carbonyl (C=O) groups excluding carboxylic acids is 2. The van der Waals surface area contributed by atoms with Gasteiger partial charge in [0.2, 0.25) is 0 Å². The molecule has 2 heterocycles. The number of carbonyl (C=O) groups is 2. The Balaban J connectivity index is 1.79. The van der Waals surface area contributed by atoms with E-state index in [9.17, 15) is 9.59 Å². The zero-order valence-corrected chi connectivity index (χ0v) is 16.2. The quantitative estimate of drug-likeness (QED) is 0.746. The first kappa shape index (κ1) is 19.0. The molecule has 1 aromatic rings. The van der Waals surface area contributed by atoms with Crippen LogP contribution in [0.4, 0.5) is 4.79 Å². The predicted molar refractivity (Wildman–Crippen MR) is 102 cm³/mol. The largest absolute Gasteiger partial charge is 0.380 e. The van der Waals surface area contributed by atoms with Crippen LogP contribution in [0, 0.1) is 0 Å². The molecule has 26 heavy (non-hydrogen) atoms. The van der Waals surface area contributed by atoms with Crippen molar-refractivity contribution >= 4 is 40.5 Å². The number of amidine groups is 1. The number of aliphatic imine (C=N–C) groups is 1. The summed E-state index contributed by atoms with van der Waals surface area (Å²) in [5.74, 6) is 0.300. The Morgan fingerprint density at radius 2 is 2.12 bits per heavy atom. The Morgan fingerprint density at radius 1 is 1.35 bits per heavy atom. The van der Waals surface area contributed by atoms with Gasteiger partial charge < -0.3 is 14.5 Å². The summed E-state index contributed by atoms with van der Waals surface area (Å²) in [6.45, 7) is 3.54. The molecule has 1 fully saturated rings. The standard InChI is InChI=1S/C17H21ClN4O3S/c1-3-25-9-8-22-13-14(21(2)16(24)20-15(13)23)19-17(22)26-10-11-6-4-5-7-12(11)18/h4-7,13-14H,3,8-10H2,1-2H3,(H,20,23,24). The van der Waals surface area contributed by atoms with Crippen LogP contribution in [0.25, 0.3) is 0 Å². The molecule has 1 saturated heterocycles. The smallest absolute Gasteiger partial charge is 0.325 e. The molecule has 0 bridgehead atoms. The molecule has 0 aromatic heterocycles. The van der Waals surface area contributed by atoms with E-state index in [1.165, 1.54) is 16.7 Å². The lowest BCUT2D eigenvalue weighted by Gasteiger charge is -2.36. The van der Waals surface area contributed by atoms with Gasteiger partial charge >= 0.3 is 6.03 Å². The SMILES string of the molecule is CCOCCN1C(SCc2ccccc2Cl)=NC2C1C(=O)NC(=O)N2C. The van der Waals surface area contributed by atoms with Crippen molar-refractivity contribution in [2.75, 3.05) is 26.8 Å². The normalized spacial score (nSPS) is 22.3. The molecular weight excluding hydrogens is 376 g/mol. The Bertz CT molecular complexity index is 730. The highest BCUT2D eigenvalue weighted by Crippen LogP contribution is 2.31. The average molecular weight is 397 g/mol. The van der Waals surface area contributed by atoms with Gasteiger partial charge in [0.05, 0.1) is 6.61 Å². The second-order valence-electron chi connectivity index (χ2n) is 5.95. The number of nitrogens with one attached hydrogen (secondary N) is 1. The van der Waals surface area contributed by atoms with E-state index in [1.54, 1.807) is 7.05 Å². The number of halogens is 1. The highest BCUT2D eigenvalue weighted by Gasteiger charge is 2.48. The minimum absolute atomic E-state index is 0.327. The minimum Gasteiger partial charge on any atom is -0.380 e. The Hall–Kier alpha value is -1.77. The van der Waals surface area contributed by atoms with Gasteiger partial charge in [0.1, 0.15) is 0 Å². The number of amides is 3. The number of imide groups is 1. The van der Waals surface area contributed by atoms with Crippen molar-refractivity contribution in [1.82, 2.24) is 15.1 Å². The summed E-state index contributed by atoms with van der Waals surface area (Å²) in [6, 6.07) is 6.67. The molecule has 3 amide bonds. The van der Waals surface area contributed by atoms with Crippen molar-refractivity contribution in [3.05, 3.63) is 34.9 Å². The van der Waals surface area contributed by atoms with E-state index in [-0.39, 0.29) is 5.91 Å². The second-order valence-corrected chi connectivity index (χ2v) is 7.30. The maximum absolute atomic E-state index is 12.4. The maximum atomic E-state index is 12.4. The van der Waals surface area contributed by atoms with E-state index < -0.39 is 18.2 Å². The molecule has 1 aromatic carbocycles. The van der Waals surface area contributed by atoms with E-state index in [1.807, 2.05) is 36.1 Å². The van der Waals surface area contributed by atoms with Crippen LogP contribution >= 0.6 is 23.4 Å². The molecule has 140 valence electrons. The molecule has 0 radical (unpaired) electrons. The van der Waals surface area contributed by atoms with Gasteiger partial charge in [-0.05, 0) is 18.6 Å². The molecule has 3 rings (SSSR count). The van der Waals surface area contributed by atoms with Crippen LogP contribution in [0.15, 0.2) is 29.3 Å². The average Bonchev–Trinajstić information content (AvgIpc) is 2.99. The van der Waals surface area contributed by atoms with E-state index in [2.05, 4.69) is 10.3 Å². The number of hydrogen-bond acceptors (Lipinski definition) is 6. The Labute approximate surface area is 161 Å². The number of ether oxygens (including phenoxy) is 1. The third-order valence-corrected chi connectivity index (χ3v) is 5.74. The van der Waals surface area contributed by atoms with Crippen molar-refractivity contribution in [2.45, 2.75) is 24.9 Å². The van der Waals surface area contributed by atoms with Gasteiger partial charge in [0.15, 0.2) is 17.4 Å². The van der Waals surface area contributed by atoms with Crippen molar-refractivity contribution in [2.24, 2.45) is 4.99 Å². The number of benzene rings is 1. The third-order valence-electron chi connectivity index (χ3n) is 4.32. The van der Waals surface area contributed by atoms with Crippen LogP contribution in [-0.4, -0.2) is 65.9 Å². The minimum atomic E-state index is -0.535. The summed E-state index contributed by atoms with van der Waals surface area (Å²) in [6.07, 6.45) is -0.522. The molecule has 0 aliphatic carbocycles. The molecule has 9 heteroatoms. The molecular formula is C17H21ClN4O3S. The molecule has 1 N–H and O–H groups in total. The third kappa shape index (κ3) is 3.82. The Morgan fingerprint density at radius 3 is 2.85 bits per heavy atom. The summed E-state index contributed by atoms with van der Waals surface area (Å²) < 4.78 is 5.45. The zero-order chi connectivity index (χ0) is 18.7. The highest BCUT2D eigenvalue weighted by molar-refractivity contribution is 8.13. The fraction of sp³-hybridized carbons (Fsp3) is 0.471. The van der Waals surface area contributed by atoms with E-state index in [0.29, 0.717) is 30.5 Å². The first-order chi connectivity index (χ1) is 12.5. The number of hydrogen-bond donors (Lipinski definition) is 1. The van der Waals surface area contributed by atoms with E-state index >= 15 is 0 Å². The molecule has 2 aliphatic heterocycles. The predicted octanol–water partition coefficient (Wildman–Crippen LogP) is 2.16. The van der Waals surface area contributed by atoms with Crippen LogP contribution in [0.1, 0.15) is 12.5 Å². The fourth-order valence-electron chi connectivity index (χ4n) is 2.92. The lowest BCUT2D eigenvalue weighted by Crippen LogP contribution is -2.63. The van der Waals surface area contributed by atoms with Gasteiger partial charge in [-0.25, -0.2) is 9.79 Å². The highest BCUT2D eigenvalue weighted by atomic mass is 35.5. The van der Waals surface area contributed by atoms with Gasteiger partial charge in [-0.3, -0.25) is 10.1 Å². The van der Waals surface area contributed by atoms with Crippen LogP contribution in [0.2, 0.25) is 5.02 Å². The topological polar surface area (TPSA) is 74.2 Å². The van der Waals surface area contributed by atoms with E-state index in [0.717, 1.165) is 10.7 Å². The van der Waals surface area contributed by atoms with Gasteiger partial charge in [0.25, 0.3) is 5.91 Å². The zero-order valence-electron chi connectivity index (χ0n) is 14.6. The van der Waals surface area contributed by atoms with Crippen molar-refractivity contribution in [3.63, 3.8) is 0 Å². The second kappa shape index (κ2) is 8.28. The summed E-state index contributed by atoms with van der Waals surface area (Å²) in [5, 5.41) is 3.80. The summed E-state index contributed by atoms with van der Waals surface area (Å²) in [4.78, 5) is 32.3. The molecule has 7 nitrogen and oxygen atoms in total. The van der Waals surface area contributed by atoms with Crippen molar-refractivity contribution < 1.29 is 14.3 Å². The molecule has 2 aliphatic rings. The van der Waals surface area contributed by atoms with Crippen LogP contribution in [0.5, 0.6) is 0 Å². The molecule has 0 saturated carbocycles. The van der Waals surface area contributed by atoms with Gasteiger partial charge in [-0.1, -0.05) is 41.6 Å². The summed E-state index contributed by atoms with van der Waals surface area (Å²) >= 11 is 7.74. The van der Waals surface area contributed by atoms with Gasteiger partial charge in [-0.15, -0.1) is 0 Å². The first-order valence-corrected chi connectivity index (χ1v) is 9.75. The number of urea groups is 1. The lowest BCUT2D eigenvalue weighted by atomic mass is 10.1. The van der Waals surface area contributed by atoms with Crippen LogP contribution in [0.3, 0.4) is 0 Å². The van der Waals surface area contributed by atoms with Crippen LogP contribution < -0.4 is 5.32 Å². The molecule has 2 unspecified atom stereocenters. The number of fused-ring (bicyclic) bond motifs is 1. The van der Waals surface area contributed by atoms with Crippen molar-refractivity contribution in [1.29, 1.82) is 0 Å². The maximum Gasteiger partial charge on any atom is 0.325 e. The molecule has 0 spiro atoms. The monoisotopic (exact) mass is 396 g/mol. The summed E-state index contributed by atoms with van der Waals surface area (Å²) in [7, 11) is 1.64. The number of rotatable bonds is 6. The van der Waals surface area contributed by atoms with Gasteiger partial charge in [0, 0.05) is 31.0 Å². The number of nitrogens with zero attached hydrogens (tertiary/aromatic N) is 3. The molecule has 2 atom stereocenters. The fourth-order valence-corrected chi connectivity index (χ4v) is 4.29. The Kier molecular flexibility index (Phi) is 6.05. The summed E-state index contributed by atoms with van der Waals surface area (Å²) in [5.41, 5.74) is 0.996. The number of likely N-dealkylation sites (N-methyl/N-ethyl adjacent to an activating group) is 1. The van der Waals surface area contributed by atoms with Crippen LogP contribution in [-0.2, 0) is 15.3 Å². The van der Waals surface area contributed by atoms with E-state index in [4.69, 9.17) is 16.3 Å². The lowest BCUT2D eigenvalue weighted by molar-refractivity contribution is -0.127. The number of thioether (sulfide) groups is 1.